The quantitative estimate of drug-likeness (QED) is 0.671. The van der Waals surface area contributed by atoms with Crippen molar-refractivity contribution in [2.45, 2.75) is 19.9 Å². The van der Waals surface area contributed by atoms with E-state index in [2.05, 4.69) is 10.6 Å². The minimum absolute atomic E-state index is 0.127. The molecule has 2 N–H and O–H groups in total. The van der Waals surface area contributed by atoms with Gasteiger partial charge in [0.2, 0.25) is 11.8 Å². The van der Waals surface area contributed by atoms with Gasteiger partial charge in [-0.15, -0.1) is 11.8 Å². The smallest absolute Gasteiger partial charge is 0.234 e. The van der Waals surface area contributed by atoms with Crippen molar-refractivity contribution in [3.05, 3.63) is 53.6 Å². The second kappa shape index (κ2) is 10.6. The molecule has 0 saturated heterocycles. The fourth-order valence-electron chi connectivity index (χ4n) is 2.66. The highest BCUT2D eigenvalue weighted by molar-refractivity contribution is 8.00. The predicted octanol–water partition coefficient (Wildman–Crippen LogP) is 3.56. The number of anilines is 1. The summed E-state index contributed by atoms with van der Waals surface area (Å²) in [5.74, 6) is 1.58. The number of hydrogen-bond acceptors (Lipinski definition) is 5. The summed E-state index contributed by atoms with van der Waals surface area (Å²) in [6.45, 7) is 3.91. The lowest BCUT2D eigenvalue weighted by atomic mass is 10.0. The van der Waals surface area contributed by atoms with Crippen molar-refractivity contribution in [1.29, 1.82) is 0 Å². The Morgan fingerprint density at radius 2 is 1.68 bits per heavy atom. The van der Waals surface area contributed by atoms with Gasteiger partial charge in [0.1, 0.15) is 11.5 Å². The first-order valence-corrected chi connectivity index (χ1v) is 10.0. The molecule has 2 rings (SSSR count). The average molecular weight is 403 g/mol. The van der Waals surface area contributed by atoms with E-state index in [9.17, 15) is 9.59 Å². The van der Waals surface area contributed by atoms with Gasteiger partial charge in [0.15, 0.2) is 0 Å². The van der Waals surface area contributed by atoms with E-state index in [-0.39, 0.29) is 29.4 Å². The summed E-state index contributed by atoms with van der Waals surface area (Å²) in [6, 6.07) is 12.8. The number of thioether (sulfide) groups is 1. The summed E-state index contributed by atoms with van der Waals surface area (Å²) in [4.78, 5) is 24.2. The van der Waals surface area contributed by atoms with Crippen molar-refractivity contribution < 1.29 is 19.1 Å². The van der Waals surface area contributed by atoms with Crippen LogP contribution in [0, 0.1) is 6.92 Å². The van der Waals surface area contributed by atoms with Gasteiger partial charge in [0, 0.05) is 11.3 Å². The molecule has 2 aromatic carbocycles. The third kappa shape index (κ3) is 6.49. The van der Waals surface area contributed by atoms with Crippen molar-refractivity contribution in [2.75, 3.05) is 31.0 Å². The van der Waals surface area contributed by atoms with E-state index in [1.54, 1.807) is 38.5 Å². The monoisotopic (exact) mass is 402 g/mol. The van der Waals surface area contributed by atoms with Crippen molar-refractivity contribution in [1.82, 2.24) is 5.32 Å². The molecular weight excluding hydrogens is 376 g/mol. The predicted molar refractivity (Wildman–Crippen MR) is 113 cm³/mol. The number of rotatable bonds is 9. The highest BCUT2D eigenvalue weighted by Gasteiger charge is 2.15. The van der Waals surface area contributed by atoms with E-state index in [0.717, 1.165) is 22.6 Å². The minimum atomic E-state index is -0.184. The molecule has 0 fully saturated rings. The first kappa shape index (κ1) is 21.6. The number of hydrogen-bond donors (Lipinski definition) is 2. The standard InChI is InChI=1S/C21H26N2O4S/c1-14-5-10-19(27-4)18(11-14)15(2)22-20(24)12-28-13-21(25)23-16-6-8-17(26-3)9-7-16/h5-11,15H,12-13H2,1-4H3,(H,22,24)(H,23,25). The molecule has 0 aliphatic heterocycles. The number of nitrogens with one attached hydrogen (secondary N) is 2. The number of ether oxygens (including phenoxy) is 2. The lowest BCUT2D eigenvalue weighted by Crippen LogP contribution is -2.29. The van der Waals surface area contributed by atoms with Crippen molar-refractivity contribution >= 4 is 29.3 Å². The molecule has 6 nitrogen and oxygen atoms in total. The van der Waals surface area contributed by atoms with Crippen LogP contribution < -0.4 is 20.1 Å². The molecule has 2 amide bonds. The Hall–Kier alpha value is -2.67. The second-order valence-electron chi connectivity index (χ2n) is 6.30. The maximum Gasteiger partial charge on any atom is 0.234 e. The lowest BCUT2D eigenvalue weighted by Gasteiger charge is -2.18. The third-order valence-corrected chi connectivity index (χ3v) is 5.00. The summed E-state index contributed by atoms with van der Waals surface area (Å²) < 4.78 is 10.5. The van der Waals surface area contributed by atoms with Gasteiger partial charge in [-0.3, -0.25) is 9.59 Å². The third-order valence-electron chi connectivity index (χ3n) is 4.07. The van der Waals surface area contributed by atoms with Crippen LogP contribution in [0.5, 0.6) is 11.5 Å². The second-order valence-corrected chi connectivity index (χ2v) is 7.29. The Morgan fingerprint density at radius 1 is 1.00 bits per heavy atom. The van der Waals surface area contributed by atoms with Crippen LogP contribution in [0.25, 0.3) is 0 Å². The van der Waals surface area contributed by atoms with Crippen LogP contribution in [0.3, 0.4) is 0 Å². The largest absolute Gasteiger partial charge is 0.497 e. The van der Waals surface area contributed by atoms with Crippen LogP contribution in [0.1, 0.15) is 24.1 Å². The summed E-state index contributed by atoms with van der Waals surface area (Å²) in [5.41, 5.74) is 2.72. The van der Waals surface area contributed by atoms with E-state index in [4.69, 9.17) is 9.47 Å². The van der Waals surface area contributed by atoms with Crippen LogP contribution in [0.4, 0.5) is 5.69 Å². The van der Waals surface area contributed by atoms with Gasteiger partial charge in [-0.25, -0.2) is 0 Å². The van der Waals surface area contributed by atoms with Gasteiger partial charge in [-0.2, -0.15) is 0 Å². The lowest BCUT2D eigenvalue weighted by molar-refractivity contribution is -0.119. The van der Waals surface area contributed by atoms with Gasteiger partial charge in [-0.05, 0) is 44.2 Å². The Morgan fingerprint density at radius 3 is 2.32 bits per heavy atom. The topological polar surface area (TPSA) is 76.7 Å². The average Bonchev–Trinajstić information content (AvgIpc) is 2.68. The maximum absolute atomic E-state index is 12.2. The van der Waals surface area contributed by atoms with Gasteiger partial charge >= 0.3 is 0 Å². The minimum Gasteiger partial charge on any atom is -0.497 e. The molecule has 28 heavy (non-hydrogen) atoms. The first-order chi connectivity index (χ1) is 13.4. The SMILES string of the molecule is COc1ccc(NC(=O)CSCC(=O)NC(C)c2cc(C)ccc2OC)cc1. The first-order valence-electron chi connectivity index (χ1n) is 8.88. The van der Waals surface area contributed by atoms with E-state index < -0.39 is 0 Å². The molecular formula is C21H26N2O4S. The number of methoxy groups -OCH3 is 2. The molecule has 7 heteroatoms. The molecule has 150 valence electrons. The van der Waals surface area contributed by atoms with E-state index in [1.165, 1.54) is 11.8 Å². The highest BCUT2D eigenvalue weighted by atomic mass is 32.2. The molecule has 0 aromatic heterocycles. The maximum atomic E-state index is 12.2. The van der Waals surface area contributed by atoms with E-state index >= 15 is 0 Å². The van der Waals surface area contributed by atoms with Crippen molar-refractivity contribution in [3.63, 3.8) is 0 Å². The zero-order chi connectivity index (χ0) is 20.5. The molecule has 1 unspecified atom stereocenters. The van der Waals surface area contributed by atoms with Crippen LogP contribution in [-0.2, 0) is 9.59 Å². The molecule has 0 spiro atoms. The highest BCUT2D eigenvalue weighted by Crippen LogP contribution is 2.26. The van der Waals surface area contributed by atoms with Crippen molar-refractivity contribution in [3.8, 4) is 11.5 Å². The molecule has 0 bridgehead atoms. The number of amides is 2. The van der Waals surface area contributed by atoms with Crippen LogP contribution in [-0.4, -0.2) is 37.5 Å². The molecule has 0 aliphatic carbocycles. The van der Waals surface area contributed by atoms with E-state index in [0.29, 0.717) is 5.69 Å². The molecule has 2 aromatic rings. The Bertz CT molecular complexity index is 809. The molecule has 0 heterocycles. The molecule has 0 aliphatic rings. The van der Waals surface area contributed by atoms with Crippen LogP contribution >= 0.6 is 11.8 Å². The number of carbonyl (C=O) groups excluding carboxylic acids is 2. The van der Waals surface area contributed by atoms with Crippen LogP contribution in [0.2, 0.25) is 0 Å². The normalized spacial score (nSPS) is 11.4. The van der Waals surface area contributed by atoms with Gasteiger partial charge in [-0.1, -0.05) is 17.7 Å². The Kier molecular flexibility index (Phi) is 8.19. The van der Waals surface area contributed by atoms with Crippen molar-refractivity contribution in [2.24, 2.45) is 0 Å². The number of carbonyl (C=O) groups is 2. The summed E-state index contributed by atoms with van der Waals surface area (Å²) in [6.07, 6.45) is 0. The fraction of sp³-hybridized carbons (Fsp3) is 0.333. The fourth-order valence-corrected chi connectivity index (χ4v) is 3.29. The van der Waals surface area contributed by atoms with Gasteiger partial charge in [0.05, 0.1) is 31.8 Å². The number of benzene rings is 2. The molecule has 0 radical (unpaired) electrons. The van der Waals surface area contributed by atoms with Gasteiger partial charge in [0.25, 0.3) is 0 Å². The molecule has 1 atom stereocenters. The summed E-state index contributed by atoms with van der Waals surface area (Å²) in [5, 5.41) is 5.74. The summed E-state index contributed by atoms with van der Waals surface area (Å²) in [7, 11) is 3.20. The summed E-state index contributed by atoms with van der Waals surface area (Å²) >= 11 is 1.27. The van der Waals surface area contributed by atoms with Crippen LogP contribution in [0.15, 0.2) is 42.5 Å². The van der Waals surface area contributed by atoms with Gasteiger partial charge < -0.3 is 20.1 Å². The Balaban J connectivity index is 1.77. The zero-order valence-corrected chi connectivity index (χ0v) is 17.4. The zero-order valence-electron chi connectivity index (χ0n) is 16.6. The number of aryl methyl sites for hydroxylation is 1. The Labute approximate surface area is 170 Å². The van der Waals surface area contributed by atoms with E-state index in [1.807, 2.05) is 32.0 Å². The molecule has 0 saturated carbocycles.